The van der Waals surface area contributed by atoms with E-state index in [1.54, 1.807) is 6.20 Å². The van der Waals surface area contributed by atoms with Crippen molar-refractivity contribution in [2.45, 2.75) is 31.8 Å². The molecule has 1 fully saturated rings. The number of nitrogens with zero attached hydrogens (tertiary/aromatic N) is 3. The van der Waals surface area contributed by atoms with Crippen LogP contribution < -0.4 is 10.6 Å². The summed E-state index contributed by atoms with van der Waals surface area (Å²) in [4.78, 5) is 11.8. The molecule has 2 heterocycles. The predicted octanol–water partition coefficient (Wildman–Crippen LogP) is -0.00360. The third-order valence-corrected chi connectivity index (χ3v) is 4.97. The number of piperidine rings is 1. The highest BCUT2D eigenvalue weighted by atomic mass is 32.2. The molecule has 1 aliphatic rings. The summed E-state index contributed by atoms with van der Waals surface area (Å²) < 4.78 is 26.1. The molecule has 0 aromatic carbocycles. The smallest absolute Gasteiger partial charge is 0.315 e. The van der Waals surface area contributed by atoms with Crippen LogP contribution in [0.15, 0.2) is 18.5 Å². The second kappa shape index (κ2) is 7.59. The Kier molecular flexibility index (Phi) is 5.78. The van der Waals surface area contributed by atoms with E-state index in [1.165, 1.54) is 10.6 Å². The molecule has 1 aliphatic heterocycles. The number of aryl methyl sites for hydroxylation is 1. The lowest BCUT2D eigenvalue weighted by Crippen LogP contribution is -2.49. The number of urea groups is 1. The zero-order valence-electron chi connectivity index (χ0n) is 12.7. The maximum absolute atomic E-state index is 11.8. The number of nitrogens with one attached hydrogen (secondary N) is 2. The van der Waals surface area contributed by atoms with Crippen molar-refractivity contribution in [3.05, 3.63) is 18.5 Å². The number of sulfonamides is 1. The van der Waals surface area contributed by atoms with Crippen molar-refractivity contribution in [2.24, 2.45) is 0 Å². The van der Waals surface area contributed by atoms with E-state index in [0.29, 0.717) is 32.5 Å². The average Bonchev–Trinajstić information content (AvgIpc) is 2.96. The molecule has 2 rings (SSSR count). The fourth-order valence-electron chi connectivity index (χ4n) is 2.44. The third-order valence-electron chi connectivity index (χ3n) is 3.67. The molecule has 8 nitrogen and oxygen atoms in total. The van der Waals surface area contributed by atoms with Crippen molar-refractivity contribution >= 4 is 16.1 Å². The maximum Gasteiger partial charge on any atom is 0.315 e. The van der Waals surface area contributed by atoms with Crippen molar-refractivity contribution in [2.75, 3.05) is 25.9 Å². The minimum absolute atomic E-state index is 0.0316. The van der Waals surface area contributed by atoms with Gasteiger partial charge in [-0.1, -0.05) is 0 Å². The third kappa shape index (κ3) is 5.30. The largest absolute Gasteiger partial charge is 0.338 e. The summed E-state index contributed by atoms with van der Waals surface area (Å²) in [6.45, 7) is 2.26. The van der Waals surface area contributed by atoms with Gasteiger partial charge in [0.05, 0.1) is 6.26 Å². The number of aromatic nitrogens is 2. The Morgan fingerprint density at radius 3 is 2.68 bits per heavy atom. The molecule has 0 unspecified atom stereocenters. The molecule has 1 aromatic rings. The van der Waals surface area contributed by atoms with Crippen LogP contribution in [-0.2, 0) is 16.6 Å². The molecule has 2 N–H and O–H groups in total. The van der Waals surface area contributed by atoms with E-state index in [4.69, 9.17) is 0 Å². The van der Waals surface area contributed by atoms with Crippen LogP contribution in [0.3, 0.4) is 0 Å². The molecular weight excluding hydrogens is 306 g/mol. The Bertz CT molecular complexity index is 565. The van der Waals surface area contributed by atoms with E-state index in [9.17, 15) is 13.2 Å². The summed E-state index contributed by atoms with van der Waals surface area (Å²) in [7, 11) is -3.12. The molecule has 9 heteroatoms. The Labute approximate surface area is 130 Å². The van der Waals surface area contributed by atoms with Crippen LogP contribution in [0.2, 0.25) is 0 Å². The van der Waals surface area contributed by atoms with Crippen LogP contribution in [0.5, 0.6) is 0 Å². The second-order valence-corrected chi connectivity index (χ2v) is 7.44. The molecule has 2 amide bonds. The van der Waals surface area contributed by atoms with E-state index >= 15 is 0 Å². The number of rotatable bonds is 6. The number of carbonyl (C=O) groups excluding carboxylic acids is 1. The number of hydrogen-bond acceptors (Lipinski definition) is 4. The van der Waals surface area contributed by atoms with Gasteiger partial charge in [-0.3, -0.25) is 4.68 Å². The van der Waals surface area contributed by atoms with Crippen LogP contribution in [0, 0.1) is 0 Å². The molecule has 1 aromatic heterocycles. The summed E-state index contributed by atoms with van der Waals surface area (Å²) >= 11 is 0. The minimum Gasteiger partial charge on any atom is -0.338 e. The highest BCUT2D eigenvalue weighted by Crippen LogP contribution is 2.12. The molecule has 1 saturated heterocycles. The van der Waals surface area contributed by atoms with Crippen molar-refractivity contribution in [3.63, 3.8) is 0 Å². The summed E-state index contributed by atoms with van der Waals surface area (Å²) in [6.07, 6.45) is 6.93. The first-order valence-corrected chi connectivity index (χ1v) is 9.27. The molecule has 0 aliphatic carbocycles. The highest BCUT2D eigenvalue weighted by molar-refractivity contribution is 7.88. The zero-order chi connectivity index (χ0) is 16.0. The van der Waals surface area contributed by atoms with Crippen LogP contribution >= 0.6 is 0 Å². The van der Waals surface area contributed by atoms with Gasteiger partial charge >= 0.3 is 6.03 Å². The van der Waals surface area contributed by atoms with Crippen molar-refractivity contribution in [3.8, 4) is 0 Å². The predicted molar refractivity (Wildman–Crippen MR) is 82.8 cm³/mol. The van der Waals surface area contributed by atoms with Crippen LogP contribution in [0.4, 0.5) is 4.79 Å². The van der Waals surface area contributed by atoms with Crippen LogP contribution in [0.25, 0.3) is 0 Å². The first kappa shape index (κ1) is 16.8. The standard InChI is InChI=1S/C13H23N5O3S/c1-22(20,21)18-10-4-12(5-11-18)16-13(19)14-6-2-8-17-9-3-7-15-17/h3,7,9,12H,2,4-6,8,10-11H2,1H3,(H2,14,16,19). The van der Waals surface area contributed by atoms with Gasteiger partial charge in [-0.2, -0.15) is 5.10 Å². The molecule has 0 bridgehead atoms. The quantitative estimate of drug-likeness (QED) is 0.718. The SMILES string of the molecule is CS(=O)(=O)N1CCC(NC(=O)NCCCn2cccn2)CC1. The lowest BCUT2D eigenvalue weighted by molar-refractivity contribution is 0.227. The molecule has 0 atom stereocenters. The molecule has 0 saturated carbocycles. The van der Waals surface area contributed by atoms with E-state index in [2.05, 4.69) is 15.7 Å². The van der Waals surface area contributed by atoms with Gasteiger partial charge in [0, 0.05) is 44.6 Å². The number of hydrogen-bond donors (Lipinski definition) is 2. The molecule has 0 spiro atoms. The number of carbonyl (C=O) groups is 1. The van der Waals surface area contributed by atoms with Crippen molar-refractivity contribution in [1.29, 1.82) is 0 Å². The van der Waals surface area contributed by atoms with Gasteiger partial charge in [-0.25, -0.2) is 17.5 Å². The first-order chi connectivity index (χ1) is 10.4. The zero-order valence-corrected chi connectivity index (χ0v) is 13.6. The first-order valence-electron chi connectivity index (χ1n) is 7.42. The Morgan fingerprint density at radius 2 is 2.09 bits per heavy atom. The molecule has 22 heavy (non-hydrogen) atoms. The van der Waals surface area contributed by atoms with E-state index in [1.807, 2.05) is 16.9 Å². The van der Waals surface area contributed by atoms with Gasteiger partial charge in [0.25, 0.3) is 0 Å². The van der Waals surface area contributed by atoms with Crippen molar-refractivity contribution < 1.29 is 13.2 Å². The molecule has 0 radical (unpaired) electrons. The molecule has 124 valence electrons. The summed E-state index contributed by atoms with van der Waals surface area (Å²) in [6, 6.07) is 1.70. The number of amides is 2. The summed E-state index contributed by atoms with van der Waals surface area (Å²) in [5.74, 6) is 0. The normalized spacial score (nSPS) is 17.3. The van der Waals surface area contributed by atoms with Gasteiger partial charge in [0.1, 0.15) is 0 Å². The van der Waals surface area contributed by atoms with Crippen LogP contribution in [0.1, 0.15) is 19.3 Å². The molecular formula is C13H23N5O3S. The van der Waals surface area contributed by atoms with Gasteiger partial charge in [0.15, 0.2) is 0 Å². The topological polar surface area (TPSA) is 96.3 Å². The second-order valence-electron chi connectivity index (χ2n) is 5.46. The van der Waals surface area contributed by atoms with E-state index in [-0.39, 0.29) is 12.1 Å². The lowest BCUT2D eigenvalue weighted by Gasteiger charge is -2.30. The average molecular weight is 329 g/mol. The van der Waals surface area contributed by atoms with E-state index in [0.717, 1.165) is 13.0 Å². The highest BCUT2D eigenvalue weighted by Gasteiger charge is 2.25. The fraction of sp³-hybridized carbons (Fsp3) is 0.692. The summed E-state index contributed by atoms with van der Waals surface area (Å²) in [5.41, 5.74) is 0. The van der Waals surface area contributed by atoms with Gasteiger partial charge in [-0.15, -0.1) is 0 Å². The lowest BCUT2D eigenvalue weighted by atomic mass is 10.1. The monoisotopic (exact) mass is 329 g/mol. The Hall–Kier alpha value is -1.61. The van der Waals surface area contributed by atoms with E-state index < -0.39 is 10.0 Å². The Balaban J connectivity index is 1.60. The summed E-state index contributed by atoms with van der Waals surface area (Å²) in [5, 5.41) is 9.79. The van der Waals surface area contributed by atoms with Gasteiger partial charge in [0.2, 0.25) is 10.0 Å². The van der Waals surface area contributed by atoms with Crippen LogP contribution in [-0.4, -0.2) is 60.5 Å². The fourth-order valence-corrected chi connectivity index (χ4v) is 3.32. The van der Waals surface area contributed by atoms with Gasteiger partial charge in [-0.05, 0) is 25.3 Å². The Morgan fingerprint density at radius 1 is 1.36 bits per heavy atom. The minimum atomic E-state index is -3.12. The van der Waals surface area contributed by atoms with Gasteiger partial charge < -0.3 is 10.6 Å². The maximum atomic E-state index is 11.8. The van der Waals surface area contributed by atoms with Crippen molar-refractivity contribution in [1.82, 2.24) is 24.7 Å².